The van der Waals surface area contributed by atoms with Gasteiger partial charge in [-0.3, -0.25) is 9.59 Å². The highest BCUT2D eigenvalue weighted by Gasteiger charge is 2.20. The number of phenols is 1. The minimum absolute atomic E-state index is 0.0242. The molecule has 3 aromatic rings. The molecule has 1 atom stereocenters. The molecule has 0 heterocycles. The highest BCUT2D eigenvalue weighted by atomic mass is 16.5. The van der Waals surface area contributed by atoms with Crippen LogP contribution in [-0.4, -0.2) is 35.4 Å². The fourth-order valence-corrected chi connectivity index (χ4v) is 2.98. The first kappa shape index (κ1) is 20.1. The van der Waals surface area contributed by atoms with Gasteiger partial charge in [0.15, 0.2) is 12.4 Å². The Balaban J connectivity index is 1.61. The van der Waals surface area contributed by atoms with E-state index in [1.165, 1.54) is 19.1 Å². The van der Waals surface area contributed by atoms with Crippen LogP contribution in [0.1, 0.15) is 22.8 Å². The molecule has 6 heteroatoms. The van der Waals surface area contributed by atoms with E-state index in [9.17, 15) is 19.5 Å². The maximum absolute atomic E-state index is 12.3. The van der Waals surface area contributed by atoms with E-state index in [4.69, 9.17) is 4.74 Å². The van der Waals surface area contributed by atoms with Crippen LogP contribution >= 0.6 is 0 Å². The molecule has 0 unspecified atom stereocenters. The van der Waals surface area contributed by atoms with E-state index in [0.29, 0.717) is 6.42 Å². The summed E-state index contributed by atoms with van der Waals surface area (Å²) >= 11 is 0. The zero-order valence-electron chi connectivity index (χ0n) is 15.9. The van der Waals surface area contributed by atoms with E-state index < -0.39 is 24.5 Å². The van der Waals surface area contributed by atoms with E-state index in [1.54, 1.807) is 6.07 Å². The first-order valence-electron chi connectivity index (χ1n) is 9.16. The second kappa shape index (κ2) is 9.01. The van der Waals surface area contributed by atoms with Crippen LogP contribution in [0.4, 0.5) is 0 Å². The van der Waals surface area contributed by atoms with Gasteiger partial charge in [-0.05, 0) is 41.8 Å². The summed E-state index contributed by atoms with van der Waals surface area (Å²) in [6.45, 7) is 0.844. The van der Waals surface area contributed by atoms with Crippen molar-refractivity contribution in [3.8, 4) is 5.75 Å². The number of aromatic hydroxyl groups is 1. The summed E-state index contributed by atoms with van der Waals surface area (Å²) in [5.74, 6) is -1.82. The minimum atomic E-state index is -0.814. The van der Waals surface area contributed by atoms with Crippen molar-refractivity contribution in [2.75, 3.05) is 6.61 Å². The molecule has 0 aliphatic rings. The Morgan fingerprint density at radius 3 is 2.24 bits per heavy atom. The molecule has 0 spiro atoms. The number of carbonyl (C=O) groups is 3. The number of nitrogens with one attached hydrogen (secondary N) is 1. The molecular formula is C23H21NO5. The lowest BCUT2D eigenvalue weighted by Crippen LogP contribution is -2.43. The molecular weight excluding hydrogens is 370 g/mol. The molecule has 0 saturated carbocycles. The van der Waals surface area contributed by atoms with Crippen molar-refractivity contribution in [3.63, 3.8) is 0 Å². The quantitative estimate of drug-likeness (QED) is 0.604. The van der Waals surface area contributed by atoms with Gasteiger partial charge < -0.3 is 15.2 Å². The first-order valence-corrected chi connectivity index (χ1v) is 9.16. The number of esters is 1. The van der Waals surface area contributed by atoms with Gasteiger partial charge in [0, 0.05) is 0 Å². The Hall–Kier alpha value is -3.67. The van der Waals surface area contributed by atoms with Gasteiger partial charge >= 0.3 is 5.97 Å². The maximum Gasteiger partial charge on any atom is 0.342 e. The van der Waals surface area contributed by atoms with Gasteiger partial charge in [0.05, 0.1) is 6.04 Å². The monoisotopic (exact) mass is 391 g/mol. The fourth-order valence-electron chi connectivity index (χ4n) is 2.98. The van der Waals surface area contributed by atoms with E-state index >= 15 is 0 Å². The number of ketones is 1. The van der Waals surface area contributed by atoms with E-state index in [-0.39, 0.29) is 17.1 Å². The van der Waals surface area contributed by atoms with Crippen molar-refractivity contribution in [1.82, 2.24) is 5.32 Å². The molecule has 6 nitrogen and oxygen atoms in total. The molecule has 0 aliphatic carbocycles. The number of carbonyl (C=O) groups excluding carboxylic acids is 3. The Morgan fingerprint density at radius 2 is 1.59 bits per heavy atom. The standard InChI is InChI=1S/C23H21NO5/c1-15(25)20(11-16-7-3-2-4-8-16)24-22(27)14-29-23(28)19-12-17-9-5-6-10-18(17)13-21(19)26/h2-10,12-13,20,26H,11,14H2,1H3,(H,24,27)/t20-/m1/s1. The Kier molecular flexibility index (Phi) is 6.24. The van der Waals surface area contributed by atoms with Crippen molar-refractivity contribution in [3.05, 3.63) is 77.9 Å². The average Bonchev–Trinajstić information content (AvgIpc) is 2.71. The smallest absolute Gasteiger partial charge is 0.342 e. The summed E-state index contributed by atoms with van der Waals surface area (Å²) in [6.07, 6.45) is 0.349. The molecule has 0 bridgehead atoms. The highest BCUT2D eigenvalue weighted by Crippen LogP contribution is 2.25. The van der Waals surface area contributed by atoms with Crippen LogP contribution < -0.4 is 5.32 Å². The van der Waals surface area contributed by atoms with Gasteiger partial charge in [0.2, 0.25) is 0 Å². The van der Waals surface area contributed by atoms with Crippen LogP contribution in [0.25, 0.3) is 10.8 Å². The zero-order chi connectivity index (χ0) is 20.8. The van der Waals surface area contributed by atoms with Gasteiger partial charge in [0.1, 0.15) is 11.3 Å². The SMILES string of the molecule is CC(=O)[C@@H](Cc1ccccc1)NC(=O)COC(=O)c1cc2ccccc2cc1O. The molecule has 1 amide bonds. The molecule has 29 heavy (non-hydrogen) atoms. The van der Waals surface area contributed by atoms with Crippen molar-refractivity contribution in [2.24, 2.45) is 0 Å². The maximum atomic E-state index is 12.3. The van der Waals surface area contributed by atoms with Crippen molar-refractivity contribution in [1.29, 1.82) is 0 Å². The summed E-state index contributed by atoms with van der Waals surface area (Å²) in [7, 11) is 0. The number of phenolic OH excluding ortho intramolecular Hbond substituents is 1. The largest absolute Gasteiger partial charge is 0.507 e. The third-order valence-corrected chi connectivity index (χ3v) is 4.53. The zero-order valence-corrected chi connectivity index (χ0v) is 15.9. The van der Waals surface area contributed by atoms with Crippen LogP contribution in [-0.2, 0) is 20.7 Å². The van der Waals surface area contributed by atoms with Gasteiger partial charge in [-0.15, -0.1) is 0 Å². The van der Waals surface area contributed by atoms with Gasteiger partial charge in [-0.25, -0.2) is 4.79 Å². The summed E-state index contributed by atoms with van der Waals surface area (Å²) < 4.78 is 5.03. The highest BCUT2D eigenvalue weighted by molar-refractivity contribution is 5.99. The van der Waals surface area contributed by atoms with Crippen LogP contribution in [0.15, 0.2) is 66.7 Å². The number of Topliss-reactive ketones (excluding diaryl/α,β-unsaturated/α-hetero) is 1. The number of fused-ring (bicyclic) bond motifs is 1. The number of benzene rings is 3. The Bertz CT molecular complexity index is 1050. The molecule has 3 aromatic carbocycles. The third-order valence-electron chi connectivity index (χ3n) is 4.53. The van der Waals surface area contributed by atoms with Crippen LogP contribution in [0.3, 0.4) is 0 Å². The van der Waals surface area contributed by atoms with Crippen LogP contribution in [0.2, 0.25) is 0 Å². The van der Waals surface area contributed by atoms with E-state index in [2.05, 4.69) is 5.32 Å². The number of rotatable bonds is 7. The molecule has 0 aromatic heterocycles. The van der Waals surface area contributed by atoms with Crippen LogP contribution in [0.5, 0.6) is 5.75 Å². The average molecular weight is 391 g/mol. The number of amides is 1. The molecule has 3 rings (SSSR count). The second-order valence-electron chi connectivity index (χ2n) is 6.71. The topological polar surface area (TPSA) is 92.7 Å². The van der Waals surface area contributed by atoms with Crippen LogP contribution in [0, 0.1) is 0 Å². The lowest BCUT2D eigenvalue weighted by atomic mass is 10.0. The van der Waals surface area contributed by atoms with Gasteiger partial charge in [-0.2, -0.15) is 0 Å². The summed E-state index contributed by atoms with van der Waals surface area (Å²) in [6, 6.07) is 18.8. The molecule has 2 N–H and O–H groups in total. The van der Waals surface area contributed by atoms with Crippen molar-refractivity contribution >= 4 is 28.4 Å². The summed E-state index contributed by atoms with van der Waals surface area (Å²) in [5.41, 5.74) is 0.884. The minimum Gasteiger partial charge on any atom is -0.507 e. The molecule has 148 valence electrons. The normalized spacial score (nSPS) is 11.6. The number of hydrogen-bond donors (Lipinski definition) is 2. The Morgan fingerprint density at radius 1 is 0.966 bits per heavy atom. The van der Waals surface area contributed by atoms with E-state index in [0.717, 1.165) is 16.3 Å². The van der Waals surface area contributed by atoms with Crippen molar-refractivity contribution in [2.45, 2.75) is 19.4 Å². The Labute approximate surface area is 168 Å². The number of hydrogen-bond acceptors (Lipinski definition) is 5. The third kappa shape index (κ3) is 5.19. The molecule has 0 radical (unpaired) electrons. The molecule has 0 fully saturated rings. The van der Waals surface area contributed by atoms with E-state index in [1.807, 2.05) is 48.5 Å². The predicted molar refractivity (Wildman–Crippen MR) is 109 cm³/mol. The fraction of sp³-hybridized carbons (Fsp3) is 0.174. The summed E-state index contributed by atoms with van der Waals surface area (Å²) in [4.78, 5) is 36.3. The van der Waals surface area contributed by atoms with Crippen molar-refractivity contribution < 1.29 is 24.2 Å². The second-order valence-corrected chi connectivity index (χ2v) is 6.71. The van der Waals surface area contributed by atoms with Gasteiger partial charge in [-0.1, -0.05) is 54.6 Å². The lowest BCUT2D eigenvalue weighted by Gasteiger charge is -2.16. The summed E-state index contributed by atoms with van der Waals surface area (Å²) in [5, 5.41) is 14.2. The molecule has 0 aliphatic heterocycles. The lowest BCUT2D eigenvalue weighted by molar-refractivity contribution is -0.128. The predicted octanol–water partition coefficient (Wildman–Crippen LogP) is 3.02. The first-order chi connectivity index (χ1) is 13.9. The molecule has 0 saturated heterocycles. The number of ether oxygens (including phenoxy) is 1. The van der Waals surface area contributed by atoms with Gasteiger partial charge in [0.25, 0.3) is 5.91 Å².